The molecule has 1 amide bonds. The van der Waals surface area contributed by atoms with E-state index in [0.717, 1.165) is 6.42 Å². The van der Waals surface area contributed by atoms with Gasteiger partial charge in [-0.25, -0.2) is 0 Å². The monoisotopic (exact) mass is 248 g/mol. The molecule has 0 saturated heterocycles. The molecule has 1 rings (SSSR count). The van der Waals surface area contributed by atoms with E-state index in [0.29, 0.717) is 18.9 Å². The molecule has 1 aromatic rings. The molecule has 3 nitrogen and oxygen atoms in total. The van der Waals surface area contributed by atoms with E-state index in [2.05, 4.69) is 43.4 Å². The van der Waals surface area contributed by atoms with Crippen molar-refractivity contribution in [3.63, 3.8) is 0 Å². The summed E-state index contributed by atoms with van der Waals surface area (Å²) in [6.07, 6.45) is 1.26. The molecule has 0 aliphatic rings. The van der Waals surface area contributed by atoms with Crippen molar-refractivity contribution in [3.05, 3.63) is 35.4 Å². The van der Waals surface area contributed by atoms with E-state index < -0.39 is 0 Å². The largest absolute Gasteiger partial charge is 0.356 e. The number of amides is 1. The summed E-state index contributed by atoms with van der Waals surface area (Å²) in [5, 5.41) is 2.88. The van der Waals surface area contributed by atoms with Crippen LogP contribution < -0.4 is 11.1 Å². The predicted molar refractivity (Wildman–Crippen MR) is 75.5 cm³/mol. The molecule has 3 N–H and O–H groups in total. The van der Waals surface area contributed by atoms with E-state index in [1.807, 2.05) is 6.92 Å². The normalized spacial score (nSPS) is 12.5. The van der Waals surface area contributed by atoms with Crippen molar-refractivity contribution in [2.24, 2.45) is 5.73 Å². The minimum Gasteiger partial charge on any atom is -0.356 e. The summed E-state index contributed by atoms with van der Waals surface area (Å²) in [6, 6.07) is 8.50. The molecule has 0 aliphatic heterocycles. The molecule has 1 aromatic carbocycles. The highest BCUT2D eigenvalue weighted by Gasteiger charge is 2.04. The first-order chi connectivity index (χ1) is 8.49. The van der Waals surface area contributed by atoms with Crippen LogP contribution in [0.25, 0.3) is 0 Å². The number of nitrogens with two attached hydrogens (primary N) is 1. The third kappa shape index (κ3) is 5.32. The van der Waals surface area contributed by atoms with Crippen LogP contribution in [0.1, 0.15) is 44.2 Å². The van der Waals surface area contributed by atoms with Crippen molar-refractivity contribution in [1.29, 1.82) is 0 Å². The molecule has 1 atom stereocenters. The Kier molecular flexibility index (Phi) is 5.86. The summed E-state index contributed by atoms with van der Waals surface area (Å²) in [5.41, 5.74) is 8.16. The second-order valence-electron chi connectivity index (χ2n) is 5.18. The second-order valence-corrected chi connectivity index (χ2v) is 5.18. The number of hydrogen-bond donors (Lipinski definition) is 2. The Bertz CT molecular complexity index is 369. The van der Waals surface area contributed by atoms with Crippen molar-refractivity contribution in [3.8, 4) is 0 Å². The van der Waals surface area contributed by atoms with Gasteiger partial charge in [-0.2, -0.15) is 0 Å². The lowest BCUT2D eigenvalue weighted by atomic mass is 10.0. The molecule has 3 heteroatoms. The summed E-state index contributed by atoms with van der Waals surface area (Å²) < 4.78 is 0. The minimum absolute atomic E-state index is 0.0313. The van der Waals surface area contributed by atoms with Crippen molar-refractivity contribution in [1.82, 2.24) is 5.32 Å². The van der Waals surface area contributed by atoms with Crippen molar-refractivity contribution in [2.45, 2.75) is 45.6 Å². The van der Waals surface area contributed by atoms with Crippen molar-refractivity contribution in [2.75, 3.05) is 6.54 Å². The molecule has 0 heterocycles. The van der Waals surface area contributed by atoms with Crippen molar-refractivity contribution >= 4 is 5.91 Å². The molecular weight excluding hydrogens is 224 g/mol. The van der Waals surface area contributed by atoms with Gasteiger partial charge in [-0.3, -0.25) is 4.79 Å². The van der Waals surface area contributed by atoms with Crippen LogP contribution in [0.15, 0.2) is 24.3 Å². The fourth-order valence-corrected chi connectivity index (χ4v) is 1.78. The second kappa shape index (κ2) is 7.17. The quantitative estimate of drug-likeness (QED) is 0.811. The van der Waals surface area contributed by atoms with Crippen LogP contribution in [-0.2, 0) is 11.2 Å². The van der Waals surface area contributed by atoms with Crippen LogP contribution in [0.4, 0.5) is 0 Å². The zero-order valence-corrected chi connectivity index (χ0v) is 11.6. The average Bonchev–Trinajstić information content (AvgIpc) is 2.28. The molecule has 0 saturated carbocycles. The van der Waals surface area contributed by atoms with Crippen LogP contribution in [-0.4, -0.2) is 18.5 Å². The fraction of sp³-hybridized carbons (Fsp3) is 0.533. The van der Waals surface area contributed by atoms with Crippen LogP contribution in [0.5, 0.6) is 0 Å². The van der Waals surface area contributed by atoms with Gasteiger partial charge in [-0.1, -0.05) is 38.1 Å². The highest BCUT2D eigenvalue weighted by molar-refractivity contribution is 5.76. The Hall–Kier alpha value is -1.35. The van der Waals surface area contributed by atoms with Crippen LogP contribution in [0.2, 0.25) is 0 Å². The Morgan fingerprint density at radius 3 is 2.33 bits per heavy atom. The SMILES string of the molecule is CC(N)CC(=O)NCCc1ccc(C(C)C)cc1. The molecule has 0 aromatic heterocycles. The number of carbonyl (C=O) groups excluding carboxylic acids is 1. The number of rotatable bonds is 6. The Balaban J connectivity index is 2.33. The highest BCUT2D eigenvalue weighted by Crippen LogP contribution is 2.14. The van der Waals surface area contributed by atoms with Gasteiger partial charge in [0.1, 0.15) is 0 Å². The van der Waals surface area contributed by atoms with E-state index in [4.69, 9.17) is 5.73 Å². The summed E-state index contributed by atoms with van der Waals surface area (Å²) in [4.78, 5) is 11.4. The number of carbonyl (C=O) groups is 1. The smallest absolute Gasteiger partial charge is 0.221 e. The molecule has 100 valence electrons. The average molecular weight is 248 g/mol. The van der Waals surface area contributed by atoms with E-state index in [1.165, 1.54) is 11.1 Å². The van der Waals surface area contributed by atoms with Gasteiger partial charge in [0.25, 0.3) is 0 Å². The first kappa shape index (κ1) is 14.7. The van der Waals surface area contributed by atoms with Gasteiger partial charge in [0, 0.05) is 19.0 Å². The lowest BCUT2D eigenvalue weighted by Gasteiger charge is -2.09. The van der Waals surface area contributed by atoms with Gasteiger partial charge in [0.05, 0.1) is 0 Å². The van der Waals surface area contributed by atoms with Crippen LogP contribution in [0, 0.1) is 0 Å². The molecule has 1 unspecified atom stereocenters. The summed E-state index contributed by atoms with van der Waals surface area (Å²) in [6.45, 7) is 6.88. The predicted octanol–water partition coefficient (Wildman–Crippen LogP) is 2.21. The van der Waals surface area contributed by atoms with Gasteiger partial charge in [-0.05, 0) is 30.4 Å². The van der Waals surface area contributed by atoms with E-state index in [9.17, 15) is 4.79 Å². The van der Waals surface area contributed by atoms with E-state index in [-0.39, 0.29) is 11.9 Å². The standard InChI is InChI=1S/C15H24N2O/c1-11(2)14-6-4-13(5-7-14)8-9-17-15(18)10-12(3)16/h4-7,11-12H,8-10,16H2,1-3H3,(H,17,18). The number of benzene rings is 1. The molecule has 0 fully saturated rings. The van der Waals surface area contributed by atoms with Crippen LogP contribution >= 0.6 is 0 Å². The van der Waals surface area contributed by atoms with E-state index >= 15 is 0 Å². The topological polar surface area (TPSA) is 55.1 Å². The first-order valence-corrected chi connectivity index (χ1v) is 6.60. The summed E-state index contributed by atoms with van der Waals surface area (Å²) in [7, 11) is 0. The molecule has 0 spiro atoms. The Morgan fingerprint density at radius 2 is 1.83 bits per heavy atom. The van der Waals surface area contributed by atoms with Crippen molar-refractivity contribution < 1.29 is 4.79 Å². The molecule has 18 heavy (non-hydrogen) atoms. The third-order valence-electron chi connectivity index (χ3n) is 2.89. The molecule has 0 aliphatic carbocycles. The fourth-order valence-electron chi connectivity index (χ4n) is 1.78. The summed E-state index contributed by atoms with van der Waals surface area (Å²) >= 11 is 0. The maximum absolute atomic E-state index is 11.4. The van der Waals surface area contributed by atoms with Gasteiger partial charge >= 0.3 is 0 Å². The number of nitrogens with one attached hydrogen (secondary N) is 1. The van der Waals surface area contributed by atoms with Gasteiger partial charge in [-0.15, -0.1) is 0 Å². The summed E-state index contributed by atoms with van der Waals surface area (Å²) in [5.74, 6) is 0.591. The van der Waals surface area contributed by atoms with E-state index in [1.54, 1.807) is 0 Å². The maximum Gasteiger partial charge on any atom is 0.221 e. The maximum atomic E-state index is 11.4. The lowest BCUT2D eigenvalue weighted by Crippen LogP contribution is -2.31. The minimum atomic E-state index is -0.0738. The highest BCUT2D eigenvalue weighted by atomic mass is 16.1. The Morgan fingerprint density at radius 1 is 1.22 bits per heavy atom. The third-order valence-corrected chi connectivity index (χ3v) is 2.89. The zero-order chi connectivity index (χ0) is 13.5. The van der Waals surface area contributed by atoms with Gasteiger partial charge in [0.2, 0.25) is 5.91 Å². The molecule has 0 bridgehead atoms. The van der Waals surface area contributed by atoms with Gasteiger partial charge in [0.15, 0.2) is 0 Å². The molecular formula is C15H24N2O. The van der Waals surface area contributed by atoms with Crippen LogP contribution in [0.3, 0.4) is 0 Å². The number of hydrogen-bond acceptors (Lipinski definition) is 2. The first-order valence-electron chi connectivity index (χ1n) is 6.60. The molecule has 0 radical (unpaired) electrons. The Labute approximate surface area is 110 Å². The lowest BCUT2D eigenvalue weighted by molar-refractivity contribution is -0.121. The van der Waals surface area contributed by atoms with Gasteiger partial charge < -0.3 is 11.1 Å². The zero-order valence-electron chi connectivity index (χ0n) is 11.6.